The van der Waals surface area contributed by atoms with Crippen LogP contribution in [-0.2, 0) is 4.74 Å². The molecular formula is C23H29N7O4. The van der Waals surface area contributed by atoms with Crippen molar-refractivity contribution >= 4 is 28.9 Å². The molecule has 3 aromatic rings. The summed E-state index contributed by atoms with van der Waals surface area (Å²) in [5, 5.41) is 23.5. The number of carbonyl (C=O) groups excluding carboxylic acids is 1. The molecule has 0 spiro atoms. The molecule has 2 saturated carbocycles. The van der Waals surface area contributed by atoms with Crippen molar-refractivity contribution in [1.82, 2.24) is 24.5 Å². The van der Waals surface area contributed by atoms with Crippen LogP contribution < -0.4 is 21.5 Å². The number of carbonyl (C=O) groups is 1. The summed E-state index contributed by atoms with van der Waals surface area (Å²) in [4.78, 5) is 30.7. The van der Waals surface area contributed by atoms with Crippen molar-refractivity contribution in [2.24, 2.45) is 0 Å². The molecule has 2 aliphatic carbocycles. The highest BCUT2D eigenvalue weighted by molar-refractivity contribution is 6.00. The summed E-state index contributed by atoms with van der Waals surface area (Å²) < 4.78 is 8.65. The minimum absolute atomic E-state index is 0.0883. The molecule has 4 N–H and O–H groups in total. The number of pyridine rings is 1. The Balaban J connectivity index is 1.46. The summed E-state index contributed by atoms with van der Waals surface area (Å²) in [7, 11) is 3.39. The van der Waals surface area contributed by atoms with Gasteiger partial charge in [-0.2, -0.15) is 9.61 Å². The minimum atomic E-state index is -0.512. The Kier molecular flexibility index (Phi) is 5.53. The molecule has 0 unspecified atom stereocenters. The molecular weight excluding hydrogens is 438 g/mol. The zero-order chi connectivity index (χ0) is 24.0. The Labute approximate surface area is 196 Å². The van der Waals surface area contributed by atoms with Gasteiger partial charge in [-0.3, -0.25) is 9.59 Å². The quantitative estimate of drug-likeness (QED) is 0.412. The summed E-state index contributed by atoms with van der Waals surface area (Å²) in [5.41, 5.74) is 0.394. The number of ether oxygens (including phenoxy) is 1. The van der Waals surface area contributed by atoms with Crippen molar-refractivity contribution in [3.05, 3.63) is 46.5 Å². The molecule has 0 aliphatic heterocycles. The molecule has 180 valence electrons. The van der Waals surface area contributed by atoms with Gasteiger partial charge in [0.1, 0.15) is 22.9 Å². The number of nitrogens with zero attached hydrogens (tertiary/aromatic N) is 4. The lowest BCUT2D eigenvalue weighted by Gasteiger charge is -2.45. The van der Waals surface area contributed by atoms with E-state index in [1.807, 2.05) is 6.92 Å². The number of fused-ring (bicyclic) bond motifs is 1. The van der Waals surface area contributed by atoms with Gasteiger partial charge in [0.25, 0.3) is 11.5 Å². The van der Waals surface area contributed by atoms with Crippen LogP contribution in [0.15, 0.2) is 35.4 Å². The lowest BCUT2D eigenvalue weighted by molar-refractivity contribution is -0.0828. The smallest absolute Gasteiger partial charge is 0.274 e. The molecule has 0 bridgehead atoms. The lowest BCUT2D eigenvalue weighted by atomic mass is 9.76. The van der Waals surface area contributed by atoms with Crippen LogP contribution >= 0.6 is 0 Å². The monoisotopic (exact) mass is 467 g/mol. The third-order valence-electron chi connectivity index (χ3n) is 7.21. The van der Waals surface area contributed by atoms with E-state index in [-0.39, 0.29) is 29.2 Å². The first-order valence-corrected chi connectivity index (χ1v) is 11.4. The highest BCUT2D eigenvalue weighted by Crippen LogP contribution is 2.35. The Morgan fingerprint density at radius 1 is 1.32 bits per heavy atom. The van der Waals surface area contributed by atoms with Gasteiger partial charge in [-0.15, -0.1) is 0 Å². The fourth-order valence-electron chi connectivity index (χ4n) is 4.56. The second kappa shape index (κ2) is 8.41. The molecule has 2 fully saturated rings. The van der Waals surface area contributed by atoms with Crippen LogP contribution in [0.5, 0.6) is 0 Å². The van der Waals surface area contributed by atoms with E-state index in [9.17, 15) is 14.7 Å². The number of hydrogen-bond donors (Lipinski definition) is 4. The van der Waals surface area contributed by atoms with Gasteiger partial charge in [0.2, 0.25) is 0 Å². The molecule has 34 heavy (non-hydrogen) atoms. The van der Waals surface area contributed by atoms with Gasteiger partial charge >= 0.3 is 0 Å². The zero-order valence-electron chi connectivity index (χ0n) is 19.4. The largest absolute Gasteiger partial charge is 0.391 e. The Hall–Kier alpha value is -3.44. The molecule has 3 heterocycles. The summed E-state index contributed by atoms with van der Waals surface area (Å²) >= 11 is 0. The predicted octanol–water partition coefficient (Wildman–Crippen LogP) is 1.67. The maximum Gasteiger partial charge on any atom is 0.274 e. The maximum atomic E-state index is 13.1. The van der Waals surface area contributed by atoms with Crippen LogP contribution in [0.1, 0.15) is 49.0 Å². The molecule has 4 atom stereocenters. The number of aromatic nitrogens is 4. The van der Waals surface area contributed by atoms with Crippen molar-refractivity contribution in [2.75, 3.05) is 24.8 Å². The molecule has 2 aliphatic rings. The van der Waals surface area contributed by atoms with Crippen molar-refractivity contribution in [1.29, 1.82) is 0 Å². The third kappa shape index (κ3) is 3.61. The van der Waals surface area contributed by atoms with Gasteiger partial charge in [0, 0.05) is 26.4 Å². The van der Waals surface area contributed by atoms with Crippen LogP contribution in [0.3, 0.4) is 0 Å². The summed E-state index contributed by atoms with van der Waals surface area (Å²) in [6, 6.07) is 4.84. The fraction of sp³-hybridized carbons (Fsp3) is 0.478. The van der Waals surface area contributed by atoms with E-state index < -0.39 is 6.10 Å². The third-order valence-corrected chi connectivity index (χ3v) is 7.21. The maximum absolute atomic E-state index is 13.1. The Morgan fingerprint density at radius 3 is 2.76 bits per heavy atom. The Morgan fingerprint density at radius 2 is 2.15 bits per heavy atom. The van der Waals surface area contributed by atoms with Crippen molar-refractivity contribution in [3.63, 3.8) is 0 Å². The highest BCUT2D eigenvalue weighted by atomic mass is 16.5. The molecule has 5 rings (SSSR count). The van der Waals surface area contributed by atoms with Crippen molar-refractivity contribution in [2.45, 2.75) is 56.4 Å². The van der Waals surface area contributed by atoms with Gasteiger partial charge < -0.3 is 30.4 Å². The number of methoxy groups -OCH3 is 1. The van der Waals surface area contributed by atoms with Crippen LogP contribution in [-0.4, -0.2) is 62.1 Å². The summed E-state index contributed by atoms with van der Waals surface area (Å²) in [6.07, 6.45) is 5.83. The first-order chi connectivity index (χ1) is 16.3. The zero-order valence-corrected chi connectivity index (χ0v) is 19.4. The molecule has 0 radical (unpaired) electrons. The average molecular weight is 468 g/mol. The first-order valence-electron chi connectivity index (χ1n) is 11.4. The van der Waals surface area contributed by atoms with E-state index in [0.717, 1.165) is 19.3 Å². The highest BCUT2D eigenvalue weighted by Gasteiger charge is 2.44. The lowest BCUT2D eigenvalue weighted by Crippen LogP contribution is -2.59. The predicted molar refractivity (Wildman–Crippen MR) is 127 cm³/mol. The van der Waals surface area contributed by atoms with E-state index in [0.29, 0.717) is 35.0 Å². The summed E-state index contributed by atoms with van der Waals surface area (Å²) in [6.45, 7) is 1.98. The van der Waals surface area contributed by atoms with Crippen LogP contribution in [0.2, 0.25) is 0 Å². The molecule has 11 nitrogen and oxygen atoms in total. The first kappa shape index (κ1) is 22.4. The second-order valence-corrected chi connectivity index (χ2v) is 9.12. The van der Waals surface area contributed by atoms with Gasteiger partial charge in [-0.25, -0.2) is 4.98 Å². The SMILES string of the molecule is CNc1cc(Nc2cccn([C@@H]3CC[C@@H]3O)c2=O)nc2c(C(=O)N[C@H]3CC[C@]3(C)OC)cnn12. The van der Waals surface area contributed by atoms with E-state index >= 15 is 0 Å². The van der Waals surface area contributed by atoms with Crippen LogP contribution in [0.4, 0.5) is 17.3 Å². The average Bonchev–Trinajstić information content (AvgIpc) is 3.26. The normalized spacial score (nSPS) is 25.9. The Bertz CT molecular complexity index is 1300. The van der Waals surface area contributed by atoms with Crippen LogP contribution in [0, 0.1) is 0 Å². The number of aliphatic hydroxyl groups excluding tert-OH is 1. The summed E-state index contributed by atoms with van der Waals surface area (Å²) in [5.74, 6) is 0.707. The number of aliphatic hydroxyl groups is 1. The molecule has 0 aromatic carbocycles. The number of hydrogen-bond acceptors (Lipinski definition) is 8. The topological polar surface area (TPSA) is 135 Å². The number of nitrogens with one attached hydrogen (secondary N) is 3. The number of rotatable bonds is 7. The molecule has 0 saturated heterocycles. The van der Waals surface area contributed by atoms with Gasteiger partial charge in [0.05, 0.1) is 30.0 Å². The second-order valence-electron chi connectivity index (χ2n) is 9.12. The van der Waals surface area contributed by atoms with Gasteiger partial charge in [0.15, 0.2) is 5.65 Å². The van der Waals surface area contributed by atoms with E-state index in [2.05, 4.69) is 26.0 Å². The van der Waals surface area contributed by atoms with Crippen LogP contribution in [0.25, 0.3) is 5.65 Å². The van der Waals surface area contributed by atoms with E-state index in [1.54, 1.807) is 47.6 Å². The minimum Gasteiger partial charge on any atom is -0.391 e. The van der Waals surface area contributed by atoms with Gasteiger partial charge in [-0.1, -0.05) is 0 Å². The standard InChI is InChI=1S/C23H29N7O4/c1-23(34-3)9-8-17(23)27-21(32)13-12-25-30-19(24-2)11-18(28-20(13)30)26-14-5-4-10-29(22(14)33)15-6-7-16(15)31/h4-5,10-12,15-17,24,31H,6-9H2,1-3H3,(H,26,28)(H,27,32)/t15-,16+,17+,23+/m1/s1. The molecule has 1 amide bonds. The number of anilines is 3. The van der Waals surface area contributed by atoms with E-state index in [4.69, 9.17) is 4.74 Å². The fourth-order valence-corrected chi connectivity index (χ4v) is 4.56. The van der Waals surface area contributed by atoms with Gasteiger partial charge in [-0.05, 0) is 44.7 Å². The number of amides is 1. The molecule has 3 aromatic heterocycles. The molecule has 11 heteroatoms. The van der Waals surface area contributed by atoms with Crippen molar-refractivity contribution < 1.29 is 14.6 Å². The van der Waals surface area contributed by atoms with Crippen molar-refractivity contribution in [3.8, 4) is 0 Å². The van der Waals surface area contributed by atoms with E-state index in [1.165, 1.54) is 6.20 Å².